The summed E-state index contributed by atoms with van der Waals surface area (Å²) in [6, 6.07) is 8.64. The van der Waals surface area contributed by atoms with Gasteiger partial charge in [0.2, 0.25) is 5.91 Å². The minimum Gasteiger partial charge on any atom is -0.399 e. The Bertz CT molecular complexity index is 783. The highest BCUT2D eigenvalue weighted by atomic mass is 79.9. The van der Waals surface area contributed by atoms with Gasteiger partial charge in [0.05, 0.1) is 12.0 Å². The highest BCUT2D eigenvalue weighted by Crippen LogP contribution is 2.24. The molecule has 0 fully saturated rings. The number of nitrogens with zero attached hydrogens (tertiary/aromatic N) is 4. The van der Waals surface area contributed by atoms with Crippen LogP contribution >= 0.6 is 15.9 Å². The van der Waals surface area contributed by atoms with Gasteiger partial charge >= 0.3 is 0 Å². The molecule has 1 aromatic carbocycles. The molecule has 3 N–H and O–H groups in total. The molecule has 1 heterocycles. The molecule has 104 valence electrons. The summed E-state index contributed by atoms with van der Waals surface area (Å²) < 4.78 is 1.97. The van der Waals surface area contributed by atoms with E-state index in [2.05, 4.69) is 26.2 Å². The van der Waals surface area contributed by atoms with Crippen molar-refractivity contribution in [3.8, 4) is 12.1 Å². The SMILES string of the molecule is N#Cc1ncn(CC(=O)Nc2ccc(N)cc2Br)c1C#N. The van der Waals surface area contributed by atoms with E-state index in [1.54, 1.807) is 24.3 Å². The summed E-state index contributed by atoms with van der Waals surface area (Å²) in [4.78, 5) is 15.7. The second-order valence-corrected chi connectivity index (χ2v) is 4.94. The minimum atomic E-state index is -0.348. The van der Waals surface area contributed by atoms with Gasteiger partial charge in [-0.3, -0.25) is 4.79 Å². The Labute approximate surface area is 128 Å². The number of nitrogen functional groups attached to an aromatic ring is 1. The number of hydrogen-bond acceptors (Lipinski definition) is 5. The van der Waals surface area contributed by atoms with E-state index < -0.39 is 0 Å². The number of carbonyl (C=O) groups excluding carboxylic acids is 1. The standard InChI is InChI=1S/C13H9BrN6O/c14-9-3-8(17)1-2-10(9)19-13(21)6-20-7-18-11(4-15)12(20)5-16/h1-3,7H,6,17H2,(H,19,21). The maximum absolute atomic E-state index is 12.0. The number of aromatic nitrogens is 2. The first kappa shape index (κ1) is 14.6. The lowest BCUT2D eigenvalue weighted by Crippen LogP contribution is -2.19. The van der Waals surface area contributed by atoms with Crippen molar-refractivity contribution >= 4 is 33.2 Å². The van der Waals surface area contributed by atoms with Crippen LogP contribution < -0.4 is 11.1 Å². The van der Waals surface area contributed by atoms with Gasteiger partial charge in [-0.1, -0.05) is 0 Å². The molecule has 2 rings (SSSR count). The number of imidazole rings is 1. The zero-order valence-electron chi connectivity index (χ0n) is 10.7. The molecular weight excluding hydrogens is 336 g/mol. The van der Waals surface area contributed by atoms with Crippen LogP contribution in [0.25, 0.3) is 0 Å². The van der Waals surface area contributed by atoms with Crippen LogP contribution in [-0.2, 0) is 11.3 Å². The van der Waals surface area contributed by atoms with Crippen LogP contribution in [0, 0.1) is 22.7 Å². The van der Waals surface area contributed by atoms with Crippen molar-refractivity contribution < 1.29 is 4.79 Å². The van der Waals surface area contributed by atoms with Crippen LogP contribution in [0.1, 0.15) is 11.4 Å². The lowest BCUT2D eigenvalue weighted by molar-refractivity contribution is -0.116. The predicted octanol–water partition coefficient (Wildman–Crippen LogP) is 1.61. The van der Waals surface area contributed by atoms with E-state index in [-0.39, 0.29) is 23.8 Å². The number of halogens is 1. The van der Waals surface area contributed by atoms with Gasteiger partial charge in [-0.2, -0.15) is 10.5 Å². The maximum atomic E-state index is 12.0. The quantitative estimate of drug-likeness (QED) is 0.819. The normalized spacial score (nSPS) is 9.67. The molecule has 0 saturated heterocycles. The van der Waals surface area contributed by atoms with Crippen molar-refractivity contribution in [1.29, 1.82) is 10.5 Å². The van der Waals surface area contributed by atoms with Gasteiger partial charge in [-0.05, 0) is 34.1 Å². The molecule has 7 nitrogen and oxygen atoms in total. The average Bonchev–Trinajstić information content (AvgIpc) is 2.83. The number of hydrogen-bond donors (Lipinski definition) is 2. The molecule has 8 heteroatoms. The summed E-state index contributed by atoms with van der Waals surface area (Å²) in [6.07, 6.45) is 1.29. The molecule has 0 aliphatic heterocycles. The largest absolute Gasteiger partial charge is 0.399 e. The molecular formula is C13H9BrN6O. The minimum absolute atomic E-state index is 0.000958. The average molecular weight is 345 g/mol. The Morgan fingerprint density at radius 1 is 1.43 bits per heavy atom. The highest BCUT2D eigenvalue weighted by molar-refractivity contribution is 9.10. The topological polar surface area (TPSA) is 121 Å². The lowest BCUT2D eigenvalue weighted by Gasteiger charge is -2.08. The summed E-state index contributed by atoms with van der Waals surface area (Å²) in [6.45, 7) is -0.117. The molecule has 1 aromatic heterocycles. The summed E-state index contributed by atoms with van der Waals surface area (Å²) in [7, 11) is 0. The Morgan fingerprint density at radius 3 is 2.81 bits per heavy atom. The second-order valence-electron chi connectivity index (χ2n) is 4.08. The molecule has 2 aromatic rings. The summed E-state index contributed by atoms with van der Waals surface area (Å²) in [5, 5.41) is 20.5. The second kappa shape index (κ2) is 6.07. The molecule has 0 saturated carbocycles. The third-order valence-electron chi connectivity index (χ3n) is 2.63. The Hall–Kier alpha value is -2.84. The smallest absolute Gasteiger partial charge is 0.244 e. The van der Waals surface area contributed by atoms with Crippen molar-refractivity contribution in [2.75, 3.05) is 11.1 Å². The monoisotopic (exact) mass is 344 g/mol. The van der Waals surface area contributed by atoms with Crippen molar-refractivity contribution in [1.82, 2.24) is 9.55 Å². The van der Waals surface area contributed by atoms with Crippen LogP contribution in [0.3, 0.4) is 0 Å². The van der Waals surface area contributed by atoms with E-state index in [9.17, 15) is 4.79 Å². The summed E-state index contributed by atoms with van der Waals surface area (Å²) in [5.74, 6) is -0.348. The first-order valence-corrected chi connectivity index (χ1v) is 6.54. The van der Waals surface area contributed by atoms with E-state index in [1.807, 2.05) is 6.07 Å². The number of nitrogens with one attached hydrogen (secondary N) is 1. The van der Waals surface area contributed by atoms with E-state index in [1.165, 1.54) is 10.9 Å². The zero-order valence-corrected chi connectivity index (χ0v) is 12.3. The van der Waals surface area contributed by atoms with Crippen LogP contribution in [0.2, 0.25) is 0 Å². The first-order valence-electron chi connectivity index (χ1n) is 5.75. The van der Waals surface area contributed by atoms with Crippen LogP contribution in [0.15, 0.2) is 29.0 Å². The van der Waals surface area contributed by atoms with Crippen LogP contribution in [0.5, 0.6) is 0 Å². The molecule has 0 spiro atoms. The Balaban J connectivity index is 2.14. The lowest BCUT2D eigenvalue weighted by atomic mass is 10.3. The molecule has 0 aliphatic carbocycles. The van der Waals surface area contributed by atoms with Crippen molar-refractivity contribution in [3.63, 3.8) is 0 Å². The van der Waals surface area contributed by atoms with Crippen LogP contribution in [0.4, 0.5) is 11.4 Å². The summed E-state index contributed by atoms with van der Waals surface area (Å²) >= 11 is 3.30. The number of nitrogens with two attached hydrogens (primary N) is 1. The van der Waals surface area contributed by atoms with Gasteiger partial charge < -0.3 is 15.6 Å². The van der Waals surface area contributed by atoms with Gasteiger partial charge in [0, 0.05) is 10.2 Å². The van der Waals surface area contributed by atoms with E-state index in [0.29, 0.717) is 15.8 Å². The number of rotatable bonds is 3. The summed E-state index contributed by atoms with van der Waals surface area (Å²) in [5.41, 5.74) is 6.81. The van der Waals surface area contributed by atoms with Gasteiger partial charge in [0.25, 0.3) is 0 Å². The molecule has 0 aliphatic rings. The molecule has 1 amide bonds. The Morgan fingerprint density at radius 2 is 2.19 bits per heavy atom. The number of amides is 1. The highest BCUT2D eigenvalue weighted by Gasteiger charge is 2.13. The van der Waals surface area contributed by atoms with Crippen molar-refractivity contribution in [2.45, 2.75) is 6.54 Å². The third kappa shape index (κ3) is 3.19. The molecule has 0 atom stereocenters. The Kier molecular flexibility index (Phi) is 4.21. The van der Waals surface area contributed by atoms with E-state index >= 15 is 0 Å². The van der Waals surface area contributed by atoms with Gasteiger partial charge in [0.1, 0.15) is 18.7 Å². The number of benzene rings is 1. The van der Waals surface area contributed by atoms with Crippen molar-refractivity contribution in [3.05, 3.63) is 40.4 Å². The van der Waals surface area contributed by atoms with E-state index in [0.717, 1.165) is 0 Å². The predicted molar refractivity (Wildman–Crippen MR) is 78.8 cm³/mol. The molecule has 21 heavy (non-hydrogen) atoms. The van der Waals surface area contributed by atoms with Gasteiger partial charge in [-0.15, -0.1) is 0 Å². The number of nitriles is 2. The van der Waals surface area contributed by atoms with Gasteiger partial charge in [0.15, 0.2) is 11.4 Å². The third-order valence-corrected chi connectivity index (χ3v) is 3.29. The molecule has 0 bridgehead atoms. The fraction of sp³-hybridized carbons (Fsp3) is 0.0769. The van der Waals surface area contributed by atoms with Crippen molar-refractivity contribution in [2.24, 2.45) is 0 Å². The zero-order chi connectivity index (χ0) is 15.4. The van der Waals surface area contributed by atoms with Gasteiger partial charge in [-0.25, -0.2) is 4.98 Å². The number of carbonyl (C=O) groups is 1. The maximum Gasteiger partial charge on any atom is 0.244 e. The van der Waals surface area contributed by atoms with Crippen LogP contribution in [-0.4, -0.2) is 15.5 Å². The molecule has 0 unspecified atom stereocenters. The fourth-order valence-electron chi connectivity index (χ4n) is 1.68. The fourth-order valence-corrected chi connectivity index (χ4v) is 2.17. The number of anilines is 2. The molecule has 0 radical (unpaired) electrons. The first-order chi connectivity index (χ1) is 10.0. The van der Waals surface area contributed by atoms with E-state index in [4.69, 9.17) is 16.3 Å².